The number of carbonyl (C=O) groups is 1. The summed E-state index contributed by atoms with van der Waals surface area (Å²) in [5.41, 5.74) is 0. The number of esters is 1. The smallest absolute Gasteiger partial charge is 0.308 e. The van der Waals surface area contributed by atoms with Crippen LogP contribution in [0.4, 0.5) is 0 Å². The Hall–Kier alpha value is -1.01. The first-order valence-corrected chi connectivity index (χ1v) is 20.9. The molecule has 0 rings (SSSR count). The van der Waals surface area contributed by atoms with Gasteiger partial charge in [-0.3, -0.25) is 4.79 Å². The van der Waals surface area contributed by atoms with Crippen molar-refractivity contribution in [3.05, 3.63) is 0 Å². The van der Waals surface area contributed by atoms with E-state index in [4.69, 9.17) is 61.6 Å². The highest BCUT2D eigenvalue weighted by Gasteiger charge is 2.01. The monoisotopic (exact) mass is 785 g/mol. The predicted molar refractivity (Wildman–Crippen MR) is 208 cm³/mol. The third-order valence-electron chi connectivity index (χ3n) is 7.74. The van der Waals surface area contributed by atoms with Crippen molar-refractivity contribution >= 4 is 5.97 Å². The molecule has 0 aromatic heterocycles. The van der Waals surface area contributed by atoms with Gasteiger partial charge < -0.3 is 61.6 Å². The summed E-state index contributed by atoms with van der Waals surface area (Å²) in [6, 6.07) is 0. The van der Waals surface area contributed by atoms with Gasteiger partial charge >= 0.3 is 5.97 Å². The molecule has 0 atom stereocenters. The molecule has 324 valence electrons. The molecule has 0 aliphatic heterocycles. The van der Waals surface area contributed by atoms with Gasteiger partial charge in [0.15, 0.2) is 0 Å². The molecule has 0 radical (unpaired) electrons. The topological polar surface area (TPSA) is 137 Å². The van der Waals surface area contributed by atoms with Gasteiger partial charge in [0.05, 0.1) is 165 Å². The van der Waals surface area contributed by atoms with E-state index in [1.165, 1.54) is 64.2 Å². The minimum atomic E-state index is -0.249. The number of unbranched alkanes of at least 4 members (excludes halogenated alkanes) is 10. The third-order valence-corrected chi connectivity index (χ3v) is 7.74. The second kappa shape index (κ2) is 50.0. The van der Waals surface area contributed by atoms with Crippen LogP contribution in [0.25, 0.3) is 0 Å². The number of carbonyl (C=O) groups excluding carboxylic acids is 1. The van der Waals surface area contributed by atoms with Gasteiger partial charge in [-0.2, -0.15) is 0 Å². The molecule has 0 fully saturated rings. The van der Waals surface area contributed by atoms with Crippen LogP contribution in [0.2, 0.25) is 0 Å². The van der Waals surface area contributed by atoms with Crippen molar-refractivity contribution in [3.63, 3.8) is 0 Å². The lowest BCUT2D eigenvalue weighted by atomic mass is 10.1. The van der Waals surface area contributed by atoms with Crippen LogP contribution in [0.1, 0.15) is 90.9 Å². The van der Waals surface area contributed by atoms with E-state index in [2.05, 4.69) is 6.92 Å². The summed E-state index contributed by atoms with van der Waals surface area (Å²) >= 11 is 0. The summed E-state index contributed by atoms with van der Waals surface area (Å²) in [4.78, 5) is 11.2. The maximum absolute atomic E-state index is 11.2. The lowest BCUT2D eigenvalue weighted by molar-refractivity contribution is -0.144. The van der Waals surface area contributed by atoms with Gasteiger partial charge in [0.25, 0.3) is 0 Å². The molecule has 0 saturated carbocycles. The molecule has 0 amide bonds. The Morgan fingerprint density at radius 3 is 0.759 bits per heavy atom. The minimum Gasteiger partial charge on any atom is -0.466 e. The van der Waals surface area contributed by atoms with E-state index < -0.39 is 0 Å². The normalized spacial score (nSPS) is 11.5. The van der Waals surface area contributed by atoms with Crippen LogP contribution in [0.5, 0.6) is 0 Å². The highest BCUT2D eigenvalue weighted by molar-refractivity contribution is 5.69. The zero-order valence-corrected chi connectivity index (χ0v) is 34.4. The lowest BCUT2D eigenvalue weighted by Crippen LogP contribution is -2.15. The van der Waals surface area contributed by atoms with E-state index in [9.17, 15) is 4.79 Å². The lowest BCUT2D eigenvalue weighted by Gasteiger charge is -2.09. The predicted octanol–water partition coefficient (Wildman–Crippen LogP) is 5.45. The maximum Gasteiger partial charge on any atom is 0.308 e. The van der Waals surface area contributed by atoms with Crippen molar-refractivity contribution in [1.29, 1.82) is 0 Å². The number of hydrogen-bond donors (Lipinski definition) is 0. The summed E-state index contributed by atoms with van der Waals surface area (Å²) in [7, 11) is 0. The number of ether oxygens (including phenoxy) is 13. The zero-order valence-electron chi connectivity index (χ0n) is 34.4. The zero-order chi connectivity index (χ0) is 38.9. The Labute approximate surface area is 328 Å². The maximum atomic E-state index is 11.2. The van der Waals surface area contributed by atoms with E-state index in [1.807, 2.05) is 0 Å². The van der Waals surface area contributed by atoms with Crippen LogP contribution in [-0.2, 0) is 66.4 Å². The van der Waals surface area contributed by atoms with E-state index in [0.717, 1.165) is 13.0 Å². The first-order chi connectivity index (χ1) is 26.8. The van der Waals surface area contributed by atoms with Crippen LogP contribution in [-0.4, -0.2) is 171 Å². The highest BCUT2D eigenvalue weighted by atomic mass is 16.6. The molecule has 0 unspecified atom stereocenters. The van der Waals surface area contributed by atoms with Gasteiger partial charge in [-0.15, -0.1) is 0 Å². The Kier molecular flexibility index (Phi) is 49.1. The average Bonchev–Trinajstić information content (AvgIpc) is 3.17. The van der Waals surface area contributed by atoms with E-state index in [1.54, 1.807) is 6.92 Å². The molecule has 0 bridgehead atoms. The van der Waals surface area contributed by atoms with Crippen LogP contribution >= 0.6 is 0 Å². The number of rotatable bonds is 49. The Morgan fingerprint density at radius 2 is 0.500 bits per heavy atom. The third kappa shape index (κ3) is 49.0. The molecule has 0 N–H and O–H groups in total. The van der Waals surface area contributed by atoms with Crippen molar-refractivity contribution in [2.75, 3.05) is 165 Å². The molecule has 0 aromatic rings. The molecule has 0 spiro atoms. The van der Waals surface area contributed by atoms with Gasteiger partial charge in [0, 0.05) is 6.61 Å². The quantitative estimate of drug-likeness (QED) is 0.0571. The molecular formula is C40H80O14. The second-order valence-electron chi connectivity index (χ2n) is 12.4. The summed E-state index contributed by atoms with van der Waals surface area (Å²) < 4.78 is 70.7. The first kappa shape index (κ1) is 53.0. The standard InChI is InChI=1S/C40H80O14/c1-3-5-6-7-8-9-10-11-12-13-14-16-42-18-20-44-22-24-46-26-28-48-30-32-50-34-36-52-38-39-53-37-35-51-33-31-49-29-27-47-25-23-45-21-19-43-17-15-40(41)54-4-2/h3-39H2,1-2H3. The van der Waals surface area contributed by atoms with Crippen molar-refractivity contribution < 1.29 is 66.4 Å². The molecule has 0 heterocycles. The van der Waals surface area contributed by atoms with Gasteiger partial charge in [0.1, 0.15) is 0 Å². The molecular weight excluding hydrogens is 704 g/mol. The van der Waals surface area contributed by atoms with Gasteiger partial charge in [-0.25, -0.2) is 0 Å². The van der Waals surface area contributed by atoms with Crippen LogP contribution < -0.4 is 0 Å². The SMILES string of the molecule is CCCCCCCCCCCCCOCCOCCOCCOCCOCCOCCOCCOCCOCCOCCOCCOCCC(=O)OCC. The summed E-state index contributed by atoms with van der Waals surface area (Å²) in [5.74, 6) is -0.249. The fourth-order valence-corrected chi connectivity index (χ4v) is 4.78. The Morgan fingerprint density at radius 1 is 0.278 bits per heavy atom. The molecule has 0 aliphatic rings. The van der Waals surface area contributed by atoms with E-state index in [0.29, 0.717) is 159 Å². The van der Waals surface area contributed by atoms with Gasteiger partial charge in [-0.05, 0) is 13.3 Å². The molecule has 14 nitrogen and oxygen atoms in total. The van der Waals surface area contributed by atoms with E-state index in [-0.39, 0.29) is 12.4 Å². The summed E-state index contributed by atoms with van der Waals surface area (Å²) in [6.07, 6.45) is 15.1. The van der Waals surface area contributed by atoms with Gasteiger partial charge in [0.2, 0.25) is 0 Å². The molecule has 54 heavy (non-hydrogen) atoms. The van der Waals surface area contributed by atoms with Crippen molar-refractivity contribution in [3.8, 4) is 0 Å². The molecule has 0 saturated heterocycles. The van der Waals surface area contributed by atoms with Crippen molar-refractivity contribution in [2.24, 2.45) is 0 Å². The summed E-state index contributed by atoms with van der Waals surface area (Å²) in [5, 5.41) is 0. The van der Waals surface area contributed by atoms with E-state index >= 15 is 0 Å². The fraction of sp³-hybridized carbons (Fsp3) is 0.975. The van der Waals surface area contributed by atoms with Crippen LogP contribution in [0.15, 0.2) is 0 Å². The molecule has 14 heteroatoms. The fourth-order valence-electron chi connectivity index (χ4n) is 4.78. The highest BCUT2D eigenvalue weighted by Crippen LogP contribution is 2.11. The van der Waals surface area contributed by atoms with Crippen molar-refractivity contribution in [1.82, 2.24) is 0 Å². The molecule has 0 aliphatic carbocycles. The minimum absolute atomic E-state index is 0.249. The Bertz CT molecular complexity index is 691. The average molecular weight is 785 g/mol. The summed E-state index contributed by atoms with van der Waals surface area (Å²) in [6.45, 7) is 16.9. The van der Waals surface area contributed by atoms with Gasteiger partial charge in [-0.1, -0.05) is 71.1 Å². The Balaban J connectivity index is 3.06. The molecule has 0 aromatic carbocycles. The van der Waals surface area contributed by atoms with Crippen molar-refractivity contribution in [2.45, 2.75) is 90.9 Å². The first-order valence-electron chi connectivity index (χ1n) is 20.9. The number of hydrogen-bond acceptors (Lipinski definition) is 14. The van der Waals surface area contributed by atoms with Crippen LogP contribution in [0, 0.1) is 0 Å². The van der Waals surface area contributed by atoms with Crippen LogP contribution in [0.3, 0.4) is 0 Å². The largest absolute Gasteiger partial charge is 0.466 e. The second-order valence-corrected chi connectivity index (χ2v) is 12.4.